The fourth-order valence-electron chi connectivity index (χ4n) is 2.11. The molecule has 2 aromatic rings. The van der Waals surface area contributed by atoms with Crippen LogP contribution in [0.2, 0.25) is 0 Å². The van der Waals surface area contributed by atoms with Gasteiger partial charge >= 0.3 is 0 Å². The van der Waals surface area contributed by atoms with Crippen molar-refractivity contribution in [1.82, 2.24) is 10.1 Å². The summed E-state index contributed by atoms with van der Waals surface area (Å²) in [6, 6.07) is 11.9. The van der Waals surface area contributed by atoms with Crippen LogP contribution in [-0.4, -0.2) is 36.1 Å². The highest BCUT2D eigenvalue weighted by atomic mass is 35.5. The van der Waals surface area contributed by atoms with Gasteiger partial charge in [0.1, 0.15) is 11.5 Å². The van der Waals surface area contributed by atoms with Crippen LogP contribution in [0, 0.1) is 0 Å². The molecule has 0 aliphatic heterocycles. The number of rotatable bonds is 7. The first-order valence-electron chi connectivity index (χ1n) is 7.15. The van der Waals surface area contributed by atoms with E-state index in [0.717, 1.165) is 29.9 Å². The molecule has 0 radical (unpaired) electrons. The summed E-state index contributed by atoms with van der Waals surface area (Å²) < 4.78 is 5.34. The Morgan fingerprint density at radius 2 is 2.05 bits per heavy atom. The third-order valence-electron chi connectivity index (χ3n) is 3.33. The smallest absolute Gasteiger partial charge is 0.223 e. The molecule has 1 aromatic carbocycles. The zero-order valence-electron chi connectivity index (χ0n) is 12.7. The minimum absolute atomic E-state index is 0. The van der Waals surface area contributed by atoms with E-state index in [-0.39, 0.29) is 18.3 Å². The Balaban J connectivity index is 0.00000242. The molecule has 5 nitrogen and oxygen atoms in total. The van der Waals surface area contributed by atoms with E-state index >= 15 is 0 Å². The molecular weight excluding hydrogens is 302 g/mol. The number of halogens is 1. The zero-order valence-corrected chi connectivity index (χ0v) is 13.5. The van der Waals surface area contributed by atoms with Crippen molar-refractivity contribution in [2.75, 3.05) is 20.1 Å². The van der Waals surface area contributed by atoms with E-state index < -0.39 is 0 Å². The molecule has 0 saturated heterocycles. The van der Waals surface area contributed by atoms with Crippen molar-refractivity contribution < 1.29 is 9.32 Å². The van der Waals surface area contributed by atoms with Gasteiger partial charge in [0.15, 0.2) is 0 Å². The minimum atomic E-state index is 0. The van der Waals surface area contributed by atoms with Crippen LogP contribution in [0.1, 0.15) is 18.6 Å². The molecule has 2 rings (SSSR count). The fourth-order valence-corrected chi connectivity index (χ4v) is 2.11. The summed E-state index contributed by atoms with van der Waals surface area (Å²) in [6.45, 7) is 1.09. The molecule has 0 bridgehead atoms. The summed E-state index contributed by atoms with van der Waals surface area (Å²) in [5.41, 5.74) is 7.26. The Morgan fingerprint density at radius 3 is 2.73 bits per heavy atom. The van der Waals surface area contributed by atoms with E-state index in [1.54, 1.807) is 11.9 Å². The number of amides is 1. The Hall–Kier alpha value is -1.85. The van der Waals surface area contributed by atoms with Crippen molar-refractivity contribution >= 4 is 18.3 Å². The van der Waals surface area contributed by atoms with Crippen LogP contribution in [-0.2, 0) is 11.2 Å². The van der Waals surface area contributed by atoms with Gasteiger partial charge in [0.05, 0.1) is 0 Å². The van der Waals surface area contributed by atoms with Crippen molar-refractivity contribution in [2.45, 2.75) is 19.3 Å². The van der Waals surface area contributed by atoms with Crippen LogP contribution in [0.5, 0.6) is 0 Å². The highest BCUT2D eigenvalue weighted by molar-refractivity contribution is 5.85. The molecule has 6 heteroatoms. The molecule has 0 atom stereocenters. The van der Waals surface area contributed by atoms with Gasteiger partial charge in [-0.15, -0.1) is 12.4 Å². The standard InChI is InChI=1S/C16H21N3O2.ClH/c1-19(16(20)9-10-17)11-5-8-14-12-15(18-21-14)13-6-3-2-4-7-13;/h2-4,6-7,12H,5,8-11,17H2,1H3;1H. The zero-order chi connectivity index (χ0) is 15.1. The Labute approximate surface area is 136 Å². The molecule has 2 N–H and O–H groups in total. The van der Waals surface area contributed by atoms with Crippen molar-refractivity contribution in [3.63, 3.8) is 0 Å². The second-order valence-electron chi connectivity index (χ2n) is 5.00. The van der Waals surface area contributed by atoms with Crippen molar-refractivity contribution in [3.8, 4) is 11.3 Å². The number of aryl methyl sites for hydroxylation is 1. The van der Waals surface area contributed by atoms with Crippen LogP contribution >= 0.6 is 12.4 Å². The first-order chi connectivity index (χ1) is 10.2. The van der Waals surface area contributed by atoms with Crippen molar-refractivity contribution in [1.29, 1.82) is 0 Å². The van der Waals surface area contributed by atoms with Gasteiger partial charge in [-0.2, -0.15) is 0 Å². The van der Waals surface area contributed by atoms with E-state index in [1.807, 2.05) is 36.4 Å². The molecule has 1 heterocycles. The maximum absolute atomic E-state index is 11.6. The normalized spacial score (nSPS) is 10.1. The van der Waals surface area contributed by atoms with Gasteiger partial charge in [0.25, 0.3) is 0 Å². The Bertz CT molecular complexity index is 572. The largest absolute Gasteiger partial charge is 0.361 e. The average Bonchev–Trinajstić information content (AvgIpc) is 2.97. The van der Waals surface area contributed by atoms with Crippen molar-refractivity contribution in [2.24, 2.45) is 5.73 Å². The van der Waals surface area contributed by atoms with Gasteiger partial charge in [0.2, 0.25) is 5.91 Å². The molecule has 0 unspecified atom stereocenters. The molecule has 0 aliphatic rings. The summed E-state index contributed by atoms with van der Waals surface area (Å²) in [6.07, 6.45) is 2.01. The molecule has 120 valence electrons. The Kier molecular flexibility index (Phi) is 7.63. The van der Waals surface area contributed by atoms with Gasteiger partial charge in [-0.05, 0) is 6.42 Å². The lowest BCUT2D eigenvalue weighted by atomic mass is 10.1. The molecule has 0 fully saturated rings. The number of carbonyl (C=O) groups excluding carboxylic acids is 1. The van der Waals surface area contributed by atoms with Crippen LogP contribution in [0.4, 0.5) is 0 Å². The quantitative estimate of drug-likeness (QED) is 0.849. The predicted octanol–water partition coefficient (Wildman–Crippen LogP) is 2.50. The monoisotopic (exact) mass is 323 g/mol. The van der Waals surface area contributed by atoms with Crippen molar-refractivity contribution in [3.05, 3.63) is 42.2 Å². The lowest BCUT2D eigenvalue weighted by Crippen LogP contribution is -2.29. The number of hydrogen-bond acceptors (Lipinski definition) is 4. The molecule has 1 aromatic heterocycles. The van der Waals surface area contributed by atoms with Gasteiger partial charge in [0, 0.05) is 44.6 Å². The highest BCUT2D eigenvalue weighted by Gasteiger charge is 2.09. The van der Waals surface area contributed by atoms with Crippen LogP contribution < -0.4 is 5.73 Å². The summed E-state index contributed by atoms with van der Waals surface area (Å²) in [4.78, 5) is 13.3. The van der Waals surface area contributed by atoms with Gasteiger partial charge < -0.3 is 15.2 Å². The summed E-state index contributed by atoms with van der Waals surface area (Å²) in [7, 11) is 1.80. The number of nitrogens with zero attached hydrogens (tertiary/aromatic N) is 2. The van der Waals surface area contributed by atoms with E-state index in [1.165, 1.54) is 0 Å². The molecular formula is C16H22ClN3O2. The highest BCUT2D eigenvalue weighted by Crippen LogP contribution is 2.19. The summed E-state index contributed by atoms with van der Waals surface area (Å²) in [5, 5.41) is 4.08. The van der Waals surface area contributed by atoms with E-state index in [4.69, 9.17) is 10.3 Å². The summed E-state index contributed by atoms with van der Waals surface area (Å²) >= 11 is 0. The maximum atomic E-state index is 11.6. The first-order valence-corrected chi connectivity index (χ1v) is 7.15. The topological polar surface area (TPSA) is 72.4 Å². The number of nitrogens with two attached hydrogens (primary N) is 1. The lowest BCUT2D eigenvalue weighted by Gasteiger charge is -2.15. The fraction of sp³-hybridized carbons (Fsp3) is 0.375. The van der Waals surface area contributed by atoms with Gasteiger partial charge in [-0.1, -0.05) is 35.5 Å². The SMILES string of the molecule is CN(CCCc1cc(-c2ccccc2)no1)C(=O)CCN.Cl. The van der Waals surface area contributed by atoms with Crippen LogP contribution in [0.25, 0.3) is 11.3 Å². The van der Waals surface area contributed by atoms with Crippen LogP contribution in [0.3, 0.4) is 0 Å². The molecule has 0 spiro atoms. The Morgan fingerprint density at radius 1 is 1.32 bits per heavy atom. The van der Waals surface area contributed by atoms with Gasteiger partial charge in [-0.3, -0.25) is 4.79 Å². The van der Waals surface area contributed by atoms with E-state index in [9.17, 15) is 4.79 Å². The molecule has 1 amide bonds. The first kappa shape index (κ1) is 18.2. The average molecular weight is 324 g/mol. The van der Waals surface area contributed by atoms with Gasteiger partial charge in [-0.25, -0.2) is 0 Å². The number of aromatic nitrogens is 1. The molecule has 0 aliphatic carbocycles. The lowest BCUT2D eigenvalue weighted by molar-refractivity contribution is -0.129. The number of carbonyl (C=O) groups is 1. The molecule has 22 heavy (non-hydrogen) atoms. The number of benzene rings is 1. The second-order valence-corrected chi connectivity index (χ2v) is 5.00. The summed E-state index contributed by atoms with van der Waals surface area (Å²) in [5.74, 6) is 0.925. The second kappa shape index (κ2) is 9.23. The maximum Gasteiger partial charge on any atom is 0.223 e. The van der Waals surface area contributed by atoms with Crippen LogP contribution in [0.15, 0.2) is 40.9 Å². The third kappa shape index (κ3) is 5.16. The predicted molar refractivity (Wildman–Crippen MR) is 88.8 cm³/mol. The van der Waals surface area contributed by atoms with E-state index in [2.05, 4.69) is 5.16 Å². The third-order valence-corrected chi connectivity index (χ3v) is 3.33. The minimum Gasteiger partial charge on any atom is -0.361 e. The van der Waals surface area contributed by atoms with E-state index in [0.29, 0.717) is 19.5 Å². The number of hydrogen-bond donors (Lipinski definition) is 1. The molecule has 0 saturated carbocycles.